The third-order valence-electron chi connectivity index (χ3n) is 2.32. The van der Waals surface area contributed by atoms with Crippen LogP contribution in [0.3, 0.4) is 0 Å². The van der Waals surface area contributed by atoms with Crippen molar-refractivity contribution >= 4 is 5.78 Å². The van der Waals surface area contributed by atoms with Crippen LogP contribution < -0.4 is 0 Å². The van der Waals surface area contributed by atoms with Gasteiger partial charge in [-0.15, -0.1) is 0 Å². The summed E-state index contributed by atoms with van der Waals surface area (Å²) < 4.78 is 9.76. The van der Waals surface area contributed by atoms with Gasteiger partial charge in [0.25, 0.3) is 0 Å². The molecule has 1 aliphatic carbocycles. The number of methoxy groups -OCH3 is 2. The van der Waals surface area contributed by atoms with Crippen LogP contribution in [0, 0.1) is 5.92 Å². The Labute approximate surface area is 84.4 Å². The first-order valence-electron chi connectivity index (χ1n) is 4.71. The zero-order valence-electron chi connectivity index (χ0n) is 8.66. The van der Waals surface area contributed by atoms with Gasteiger partial charge in [0.2, 0.25) is 0 Å². The van der Waals surface area contributed by atoms with Gasteiger partial charge < -0.3 is 9.47 Å². The number of rotatable bonds is 4. The van der Waals surface area contributed by atoms with Crippen LogP contribution in [0.1, 0.15) is 12.8 Å². The third-order valence-corrected chi connectivity index (χ3v) is 2.32. The lowest BCUT2D eigenvalue weighted by Crippen LogP contribution is -2.00. The Hall–Kier alpha value is -1.09. The molecule has 1 aliphatic rings. The molecule has 1 unspecified atom stereocenters. The predicted octanol–water partition coefficient (Wildman–Crippen LogP) is 1.70. The number of hydrogen-bond donors (Lipinski definition) is 0. The van der Waals surface area contributed by atoms with Crippen LogP contribution in [-0.4, -0.2) is 26.6 Å². The molecule has 0 aromatic carbocycles. The van der Waals surface area contributed by atoms with E-state index in [4.69, 9.17) is 9.47 Å². The highest BCUT2D eigenvalue weighted by molar-refractivity contribution is 5.98. The summed E-state index contributed by atoms with van der Waals surface area (Å²) in [7, 11) is 3.22. The van der Waals surface area contributed by atoms with E-state index in [-0.39, 0.29) is 11.7 Å². The number of allylic oxidation sites excluding steroid dienone is 2. The maximum Gasteiger partial charge on any atom is 0.159 e. The van der Waals surface area contributed by atoms with Crippen molar-refractivity contribution in [3.63, 3.8) is 0 Å². The Kier molecular flexibility index (Phi) is 4.40. The van der Waals surface area contributed by atoms with E-state index in [1.165, 1.54) is 0 Å². The Morgan fingerprint density at radius 3 is 2.93 bits per heavy atom. The molecule has 1 rings (SSSR count). The summed E-state index contributed by atoms with van der Waals surface area (Å²) in [5.74, 6) is 0.436. The molecule has 78 valence electrons. The molecular weight excluding hydrogens is 180 g/mol. The molecule has 0 N–H and O–H groups in total. The molecule has 3 nitrogen and oxygen atoms in total. The second kappa shape index (κ2) is 5.60. The van der Waals surface area contributed by atoms with Crippen LogP contribution in [0.15, 0.2) is 24.0 Å². The molecule has 3 heteroatoms. The normalized spacial score (nSPS) is 25.1. The van der Waals surface area contributed by atoms with Crippen molar-refractivity contribution in [2.45, 2.75) is 12.8 Å². The molecule has 0 aromatic heterocycles. The van der Waals surface area contributed by atoms with Crippen LogP contribution in [0.2, 0.25) is 0 Å². The van der Waals surface area contributed by atoms with Gasteiger partial charge in [-0.1, -0.05) is 6.08 Å². The van der Waals surface area contributed by atoms with Crippen molar-refractivity contribution in [3.8, 4) is 0 Å². The largest absolute Gasteiger partial charge is 0.505 e. The summed E-state index contributed by atoms with van der Waals surface area (Å²) >= 11 is 0. The SMILES string of the molecule is CO/C=C/C1CCC(=O)/C1=C\COC. The minimum Gasteiger partial charge on any atom is -0.505 e. The smallest absolute Gasteiger partial charge is 0.159 e. The number of ketones is 1. The van der Waals surface area contributed by atoms with Gasteiger partial charge in [-0.2, -0.15) is 0 Å². The highest BCUT2D eigenvalue weighted by Crippen LogP contribution is 2.28. The first-order chi connectivity index (χ1) is 6.79. The second-order valence-electron chi connectivity index (χ2n) is 3.25. The molecule has 0 aromatic rings. The average molecular weight is 196 g/mol. The van der Waals surface area contributed by atoms with Crippen LogP contribution in [0.5, 0.6) is 0 Å². The summed E-state index contributed by atoms with van der Waals surface area (Å²) in [5.41, 5.74) is 0.861. The van der Waals surface area contributed by atoms with Crippen molar-refractivity contribution in [2.75, 3.05) is 20.8 Å². The van der Waals surface area contributed by atoms with Gasteiger partial charge in [-0.25, -0.2) is 0 Å². The molecule has 1 fully saturated rings. The Bertz CT molecular complexity index is 253. The lowest BCUT2D eigenvalue weighted by Gasteiger charge is -2.04. The van der Waals surface area contributed by atoms with Crippen molar-refractivity contribution in [1.29, 1.82) is 0 Å². The van der Waals surface area contributed by atoms with Crippen molar-refractivity contribution in [1.82, 2.24) is 0 Å². The molecule has 0 heterocycles. The van der Waals surface area contributed by atoms with E-state index in [0.29, 0.717) is 13.0 Å². The van der Waals surface area contributed by atoms with Crippen molar-refractivity contribution in [3.05, 3.63) is 24.0 Å². The summed E-state index contributed by atoms with van der Waals surface area (Å²) in [4.78, 5) is 11.5. The van der Waals surface area contributed by atoms with Gasteiger partial charge in [0.15, 0.2) is 5.78 Å². The summed E-state index contributed by atoms with van der Waals surface area (Å²) in [6.45, 7) is 0.498. The Morgan fingerprint density at radius 1 is 1.50 bits per heavy atom. The zero-order chi connectivity index (χ0) is 10.4. The fourth-order valence-corrected chi connectivity index (χ4v) is 1.60. The van der Waals surface area contributed by atoms with Gasteiger partial charge in [0, 0.05) is 25.0 Å². The van der Waals surface area contributed by atoms with Crippen LogP contribution in [-0.2, 0) is 14.3 Å². The second-order valence-corrected chi connectivity index (χ2v) is 3.25. The quantitative estimate of drug-likeness (QED) is 0.507. The van der Waals surface area contributed by atoms with E-state index < -0.39 is 0 Å². The molecule has 0 bridgehead atoms. The highest BCUT2D eigenvalue weighted by atomic mass is 16.5. The average Bonchev–Trinajstić information content (AvgIpc) is 2.53. The monoisotopic (exact) mass is 196 g/mol. The molecule has 0 saturated heterocycles. The van der Waals surface area contributed by atoms with Crippen molar-refractivity contribution < 1.29 is 14.3 Å². The first kappa shape index (κ1) is 11.0. The third kappa shape index (κ3) is 2.70. The number of ether oxygens (including phenoxy) is 2. The van der Waals surface area contributed by atoms with Gasteiger partial charge in [-0.3, -0.25) is 4.79 Å². The van der Waals surface area contributed by atoms with Gasteiger partial charge >= 0.3 is 0 Å². The van der Waals surface area contributed by atoms with Gasteiger partial charge in [0.1, 0.15) is 0 Å². The van der Waals surface area contributed by atoms with Gasteiger partial charge in [0.05, 0.1) is 20.0 Å². The summed E-state index contributed by atoms with van der Waals surface area (Å²) in [5, 5.41) is 0. The summed E-state index contributed by atoms with van der Waals surface area (Å²) in [6, 6.07) is 0. The topological polar surface area (TPSA) is 35.5 Å². The van der Waals surface area contributed by atoms with E-state index in [9.17, 15) is 4.79 Å². The van der Waals surface area contributed by atoms with Gasteiger partial charge in [-0.05, 0) is 12.5 Å². The summed E-state index contributed by atoms with van der Waals surface area (Å²) in [6.07, 6.45) is 6.93. The molecule has 0 spiro atoms. The number of carbonyl (C=O) groups excluding carboxylic acids is 1. The molecular formula is C11H16O3. The highest BCUT2D eigenvalue weighted by Gasteiger charge is 2.25. The maximum absolute atomic E-state index is 11.5. The Balaban J connectivity index is 2.66. The van der Waals surface area contributed by atoms with E-state index >= 15 is 0 Å². The number of hydrogen-bond acceptors (Lipinski definition) is 3. The van der Waals surface area contributed by atoms with Crippen LogP contribution in [0.4, 0.5) is 0 Å². The molecule has 0 amide bonds. The minimum atomic E-state index is 0.206. The van der Waals surface area contributed by atoms with E-state index in [1.54, 1.807) is 20.5 Å². The molecule has 0 aliphatic heterocycles. The lowest BCUT2D eigenvalue weighted by atomic mass is 10.0. The predicted molar refractivity (Wildman–Crippen MR) is 53.8 cm³/mol. The lowest BCUT2D eigenvalue weighted by molar-refractivity contribution is -0.114. The van der Waals surface area contributed by atoms with Crippen molar-refractivity contribution in [2.24, 2.45) is 5.92 Å². The Morgan fingerprint density at radius 2 is 2.29 bits per heavy atom. The van der Waals surface area contributed by atoms with E-state index in [1.807, 2.05) is 12.2 Å². The maximum atomic E-state index is 11.5. The van der Waals surface area contributed by atoms with Crippen LogP contribution in [0.25, 0.3) is 0 Å². The first-order valence-corrected chi connectivity index (χ1v) is 4.71. The van der Waals surface area contributed by atoms with Crippen LogP contribution >= 0.6 is 0 Å². The molecule has 14 heavy (non-hydrogen) atoms. The standard InChI is InChI=1S/C11H16O3/c1-13-7-5-9-3-4-11(12)10(9)6-8-14-2/h5-7,9H,3-4,8H2,1-2H3/b7-5+,10-6-. The molecule has 0 radical (unpaired) electrons. The zero-order valence-corrected chi connectivity index (χ0v) is 8.66. The van der Waals surface area contributed by atoms with E-state index in [2.05, 4.69) is 0 Å². The minimum absolute atomic E-state index is 0.206. The fourth-order valence-electron chi connectivity index (χ4n) is 1.60. The molecule has 1 saturated carbocycles. The number of carbonyl (C=O) groups is 1. The number of Topliss-reactive ketones (excluding diaryl/α,β-unsaturated/α-hetero) is 1. The molecule has 1 atom stereocenters. The van der Waals surface area contributed by atoms with E-state index in [0.717, 1.165) is 12.0 Å². The fraction of sp³-hybridized carbons (Fsp3) is 0.545.